The Labute approximate surface area is 68.0 Å². The third kappa shape index (κ3) is 1.46. The van der Waals surface area contributed by atoms with Crippen molar-refractivity contribution >= 4 is 27.5 Å². The number of hydrogen-bond acceptors (Lipinski definition) is 0. The standard InChI is InChI=1S/C7H5BrCl/c1-5-3-2-4-6(8)7(5)9/h2-4H,1H2. The van der Waals surface area contributed by atoms with E-state index in [9.17, 15) is 0 Å². The number of hydrogen-bond donors (Lipinski definition) is 0. The SMILES string of the molecule is [CH2]c1cccc(Br)c1Cl. The van der Waals surface area contributed by atoms with Gasteiger partial charge in [0.05, 0.1) is 5.02 Å². The van der Waals surface area contributed by atoms with Gasteiger partial charge in [-0.25, -0.2) is 0 Å². The Balaban J connectivity index is 3.25. The first-order chi connectivity index (χ1) is 4.22. The summed E-state index contributed by atoms with van der Waals surface area (Å²) in [6, 6.07) is 5.66. The molecular formula is C7H5BrCl. The molecule has 0 heterocycles. The lowest BCUT2D eigenvalue weighted by Crippen LogP contribution is -1.73. The molecule has 0 fully saturated rings. The van der Waals surface area contributed by atoms with Crippen LogP contribution in [0.2, 0.25) is 5.02 Å². The normalized spacial score (nSPS) is 9.67. The van der Waals surface area contributed by atoms with Crippen molar-refractivity contribution in [1.82, 2.24) is 0 Å². The van der Waals surface area contributed by atoms with E-state index in [1.807, 2.05) is 18.2 Å². The van der Waals surface area contributed by atoms with E-state index in [2.05, 4.69) is 22.9 Å². The topological polar surface area (TPSA) is 0 Å². The molecule has 0 N–H and O–H groups in total. The Hall–Kier alpha value is -0.0100. The zero-order valence-electron chi connectivity index (χ0n) is 4.70. The van der Waals surface area contributed by atoms with Crippen LogP contribution in [0.25, 0.3) is 0 Å². The van der Waals surface area contributed by atoms with Crippen LogP contribution < -0.4 is 0 Å². The molecule has 0 unspecified atom stereocenters. The van der Waals surface area contributed by atoms with E-state index in [1.165, 1.54) is 0 Å². The zero-order valence-corrected chi connectivity index (χ0v) is 7.04. The molecule has 0 bridgehead atoms. The summed E-state index contributed by atoms with van der Waals surface area (Å²) in [4.78, 5) is 0. The van der Waals surface area contributed by atoms with Gasteiger partial charge in [-0.1, -0.05) is 23.7 Å². The molecule has 0 aliphatic carbocycles. The average Bonchev–Trinajstić information content (AvgIpc) is 1.83. The minimum Gasteiger partial charge on any atom is -0.0828 e. The second-order valence-electron chi connectivity index (χ2n) is 1.71. The van der Waals surface area contributed by atoms with E-state index in [-0.39, 0.29) is 0 Å². The predicted octanol–water partition coefficient (Wildman–Crippen LogP) is 3.28. The Morgan fingerprint density at radius 2 is 2.11 bits per heavy atom. The Morgan fingerprint density at radius 1 is 1.44 bits per heavy atom. The summed E-state index contributed by atoms with van der Waals surface area (Å²) in [5.41, 5.74) is 0.853. The molecule has 0 saturated heterocycles. The van der Waals surface area contributed by atoms with Crippen LogP contribution in [0.5, 0.6) is 0 Å². The number of benzene rings is 1. The maximum Gasteiger partial charge on any atom is 0.0580 e. The lowest BCUT2D eigenvalue weighted by molar-refractivity contribution is 1.57. The summed E-state index contributed by atoms with van der Waals surface area (Å²) < 4.78 is 0.900. The highest BCUT2D eigenvalue weighted by atomic mass is 79.9. The predicted molar refractivity (Wildman–Crippen MR) is 43.6 cm³/mol. The van der Waals surface area contributed by atoms with Crippen LogP contribution in [0.1, 0.15) is 5.56 Å². The molecule has 9 heavy (non-hydrogen) atoms. The quantitative estimate of drug-likeness (QED) is 0.608. The van der Waals surface area contributed by atoms with Crippen molar-refractivity contribution < 1.29 is 0 Å². The van der Waals surface area contributed by atoms with Crippen molar-refractivity contribution in [3.63, 3.8) is 0 Å². The minimum atomic E-state index is 0.692. The van der Waals surface area contributed by atoms with Crippen LogP contribution in [0.4, 0.5) is 0 Å². The first-order valence-electron chi connectivity index (χ1n) is 2.48. The summed E-state index contributed by atoms with van der Waals surface area (Å²) in [7, 11) is 0. The van der Waals surface area contributed by atoms with Crippen molar-refractivity contribution in [3.05, 3.63) is 40.2 Å². The first kappa shape index (κ1) is 7.10. The highest BCUT2D eigenvalue weighted by Gasteiger charge is 1.96. The molecule has 0 aliphatic heterocycles. The van der Waals surface area contributed by atoms with Crippen LogP contribution in [0.3, 0.4) is 0 Å². The summed E-state index contributed by atoms with van der Waals surface area (Å²) in [6.07, 6.45) is 0. The monoisotopic (exact) mass is 203 g/mol. The van der Waals surface area contributed by atoms with Crippen molar-refractivity contribution in [2.75, 3.05) is 0 Å². The fourth-order valence-electron chi connectivity index (χ4n) is 0.548. The maximum atomic E-state index is 5.77. The van der Waals surface area contributed by atoms with Gasteiger partial charge in [0.15, 0.2) is 0 Å². The van der Waals surface area contributed by atoms with Gasteiger partial charge in [0.2, 0.25) is 0 Å². The summed E-state index contributed by atoms with van der Waals surface area (Å²) in [5.74, 6) is 0. The van der Waals surface area contributed by atoms with Gasteiger partial charge >= 0.3 is 0 Å². The molecule has 47 valence electrons. The van der Waals surface area contributed by atoms with Crippen LogP contribution in [-0.2, 0) is 0 Å². The zero-order chi connectivity index (χ0) is 6.85. The molecule has 0 aromatic heterocycles. The third-order valence-electron chi connectivity index (χ3n) is 1.03. The van der Waals surface area contributed by atoms with Gasteiger partial charge in [0.1, 0.15) is 0 Å². The van der Waals surface area contributed by atoms with Crippen molar-refractivity contribution in [2.24, 2.45) is 0 Å². The van der Waals surface area contributed by atoms with Gasteiger partial charge in [-0.05, 0) is 34.5 Å². The Morgan fingerprint density at radius 3 is 2.56 bits per heavy atom. The minimum absolute atomic E-state index is 0.692. The molecule has 1 radical (unpaired) electrons. The van der Waals surface area contributed by atoms with Crippen LogP contribution in [0.15, 0.2) is 22.7 Å². The lowest BCUT2D eigenvalue weighted by Gasteiger charge is -1.96. The average molecular weight is 204 g/mol. The van der Waals surface area contributed by atoms with Crippen molar-refractivity contribution in [1.29, 1.82) is 0 Å². The van der Waals surface area contributed by atoms with Gasteiger partial charge in [0, 0.05) is 4.47 Å². The second kappa shape index (κ2) is 2.72. The van der Waals surface area contributed by atoms with Gasteiger partial charge < -0.3 is 0 Å². The fourth-order valence-corrected chi connectivity index (χ4v) is 1.08. The summed E-state index contributed by atoms with van der Waals surface area (Å²) >= 11 is 9.04. The highest BCUT2D eigenvalue weighted by molar-refractivity contribution is 9.10. The number of halogens is 2. The smallest absolute Gasteiger partial charge is 0.0580 e. The molecule has 1 rings (SSSR count). The number of rotatable bonds is 0. The molecular weight excluding hydrogens is 199 g/mol. The Bertz CT molecular complexity index is 200. The molecule has 0 spiro atoms. The summed E-state index contributed by atoms with van der Waals surface area (Å²) in [5, 5.41) is 0.692. The van der Waals surface area contributed by atoms with Gasteiger partial charge in [-0.2, -0.15) is 0 Å². The molecule has 1 aromatic carbocycles. The van der Waals surface area contributed by atoms with E-state index in [0.717, 1.165) is 10.0 Å². The molecule has 0 amide bonds. The van der Waals surface area contributed by atoms with Gasteiger partial charge in [0.25, 0.3) is 0 Å². The molecule has 0 nitrogen and oxygen atoms in total. The molecule has 1 aromatic rings. The Kier molecular flexibility index (Phi) is 2.14. The largest absolute Gasteiger partial charge is 0.0828 e. The first-order valence-corrected chi connectivity index (χ1v) is 3.65. The van der Waals surface area contributed by atoms with Crippen LogP contribution in [0, 0.1) is 6.92 Å². The molecule has 0 atom stereocenters. The van der Waals surface area contributed by atoms with Gasteiger partial charge in [-0.3, -0.25) is 0 Å². The molecule has 0 saturated carbocycles. The van der Waals surface area contributed by atoms with Gasteiger partial charge in [-0.15, -0.1) is 0 Å². The molecule has 0 aliphatic rings. The lowest BCUT2D eigenvalue weighted by atomic mass is 10.2. The highest BCUT2D eigenvalue weighted by Crippen LogP contribution is 2.24. The van der Waals surface area contributed by atoms with E-state index in [0.29, 0.717) is 5.02 Å². The van der Waals surface area contributed by atoms with Crippen molar-refractivity contribution in [3.8, 4) is 0 Å². The van der Waals surface area contributed by atoms with E-state index >= 15 is 0 Å². The van der Waals surface area contributed by atoms with Crippen molar-refractivity contribution in [2.45, 2.75) is 0 Å². The van der Waals surface area contributed by atoms with E-state index < -0.39 is 0 Å². The van der Waals surface area contributed by atoms with Crippen LogP contribution in [-0.4, -0.2) is 0 Å². The van der Waals surface area contributed by atoms with E-state index in [4.69, 9.17) is 11.6 Å². The second-order valence-corrected chi connectivity index (χ2v) is 2.95. The fraction of sp³-hybridized carbons (Fsp3) is 0. The van der Waals surface area contributed by atoms with E-state index in [1.54, 1.807) is 0 Å². The maximum absolute atomic E-state index is 5.77. The summed E-state index contributed by atoms with van der Waals surface area (Å²) in [6.45, 7) is 3.72. The molecule has 2 heteroatoms. The van der Waals surface area contributed by atoms with Crippen LogP contribution >= 0.6 is 27.5 Å². The third-order valence-corrected chi connectivity index (χ3v) is 2.37.